The Labute approximate surface area is 149 Å². The number of carbonyl (C=O) groups excluding carboxylic acids is 1. The summed E-state index contributed by atoms with van der Waals surface area (Å²) in [5.41, 5.74) is 1.55. The third-order valence-corrected chi connectivity index (χ3v) is 5.29. The van der Waals surface area contributed by atoms with Gasteiger partial charge >= 0.3 is 0 Å². The molecule has 0 aliphatic rings. The molecule has 0 bridgehead atoms. The summed E-state index contributed by atoms with van der Waals surface area (Å²) in [5.74, 6) is -0.212. The minimum atomic E-state index is -3.56. The first-order valence-electron chi connectivity index (χ1n) is 6.84. The van der Waals surface area contributed by atoms with E-state index >= 15 is 0 Å². The molecule has 0 aliphatic carbocycles. The molecule has 0 saturated heterocycles. The molecular formula is C16H15BrClNO3S. The fourth-order valence-corrected chi connectivity index (χ4v) is 3.62. The number of ketones is 1. The van der Waals surface area contributed by atoms with Gasteiger partial charge in [-0.25, -0.2) is 8.42 Å². The van der Waals surface area contributed by atoms with Gasteiger partial charge in [0.15, 0.2) is 5.78 Å². The molecule has 7 heteroatoms. The Hall–Kier alpha value is -1.37. The number of aryl methyl sites for hydroxylation is 1. The van der Waals surface area contributed by atoms with Gasteiger partial charge in [0, 0.05) is 5.56 Å². The number of carbonyl (C=O) groups is 1. The summed E-state index contributed by atoms with van der Waals surface area (Å²) < 4.78 is 26.9. The lowest BCUT2D eigenvalue weighted by Crippen LogP contribution is -2.18. The van der Waals surface area contributed by atoms with Crippen LogP contribution in [0.1, 0.15) is 15.9 Å². The number of benzene rings is 2. The first-order chi connectivity index (χ1) is 10.9. The molecule has 23 heavy (non-hydrogen) atoms. The van der Waals surface area contributed by atoms with Gasteiger partial charge in [0.2, 0.25) is 10.0 Å². The highest BCUT2D eigenvalue weighted by Gasteiger charge is 2.15. The van der Waals surface area contributed by atoms with E-state index in [1.165, 1.54) is 12.1 Å². The first kappa shape index (κ1) is 18.0. The van der Waals surface area contributed by atoms with Gasteiger partial charge in [0.05, 0.1) is 21.8 Å². The lowest BCUT2D eigenvalue weighted by Gasteiger charge is -2.11. The fraction of sp³-hybridized carbons (Fsp3) is 0.188. The van der Waals surface area contributed by atoms with E-state index in [0.717, 1.165) is 5.56 Å². The smallest absolute Gasteiger partial charge is 0.233 e. The number of anilines is 1. The molecule has 0 fully saturated rings. The lowest BCUT2D eigenvalue weighted by molar-refractivity contribution is 0.102. The van der Waals surface area contributed by atoms with Crippen LogP contribution < -0.4 is 4.72 Å². The second kappa shape index (κ2) is 7.95. The van der Waals surface area contributed by atoms with Crippen molar-refractivity contribution < 1.29 is 13.2 Å². The molecule has 0 aromatic heterocycles. The van der Waals surface area contributed by atoms with Crippen LogP contribution in [-0.2, 0) is 16.4 Å². The summed E-state index contributed by atoms with van der Waals surface area (Å²) in [6.07, 6.45) is 0.397. The molecule has 0 saturated carbocycles. The molecule has 0 heterocycles. The molecule has 0 unspecified atom stereocenters. The summed E-state index contributed by atoms with van der Waals surface area (Å²) in [6, 6.07) is 13.9. The molecule has 0 aliphatic heterocycles. The predicted molar refractivity (Wildman–Crippen MR) is 97.1 cm³/mol. The minimum Gasteiger partial charge on any atom is -0.293 e. The number of rotatable bonds is 7. The predicted octanol–water partition coefficient (Wildman–Crippen LogP) is 3.90. The zero-order valence-electron chi connectivity index (χ0n) is 12.1. The van der Waals surface area contributed by atoms with Crippen LogP contribution in [0.25, 0.3) is 0 Å². The van der Waals surface area contributed by atoms with E-state index in [2.05, 4.69) is 20.7 Å². The molecule has 2 aromatic carbocycles. The van der Waals surface area contributed by atoms with Crippen LogP contribution in [0.4, 0.5) is 5.69 Å². The van der Waals surface area contributed by atoms with Crippen molar-refractivity contribution in [2.45, 2.75) is 6.42 Å². The Bertz CT molecular complexity index is 794. The number of hydrogen-bond donors (Lipinski definition) is 1. The van der Waals surface area contributed by atoms with E-state index in [4.69, 9.17) is 11.6 Å². The lowest BCUT2D eigenvalue weighted by atomic mass is 10.1. The third kappa shape index (κ3) is 5.34. The monoisotopic (exact) mass is 415 g/mol. The number of hydrogen-bond acceptors (Lipinski definition) is 3. The number of halogens is 2. The second-order valence-corrected chi connectivity index (χ2v) is 7.72. The van der Waals surface area contributed by atoms with Crippen LogP contribution in [0.15, 0.2) is 48.5 Å². The van der Waals surface area contributed by atoms with Crippen LogP contribution in [0.3, 0.4) is 0 Å². The largest absolute Gasteiger partial charge is 0.293 e. The summed E-state index contributed by atoms with van der Waals surface area (Å²) in [5, 5.41) is 0.411. The molecular weight excluding hydrogens is 402 g/mol. The number of sulfonamides is 1. The van der Waals surface area contributed by atoms with Gasteiger partial charge in [-0.2, -0.15) is 0 Å². The molecule has 2 rings (SSSR count). The van der Waals surface area contributed by atoms with E-state index in [1.807, 2.05) is 30.3 Å². The molecule has 1 N–H and O–H groups in total. The summed E-state index contributed by atoms with van der Waals surface area (Å²) in [4.78, 5) is 11.7. The molecule has 4 nitrogen and oxygen atoms in total. The van der Waals surface area contributed by atoms with E-state index in [9.17, 15) is 13.2 Å². The Morgan fingerprint density at radius 2 is 1.83 bits per heavy atom. The van der Waals surface area contributed by atoms with Crippen molar-refractivity contribution in [3.63, 3.8) is 0 Å². The normalized spacial score (nSPS) is 11.2. The average Bonchev–Trinajstić information content (AvgIpc) is 2.55. The maximum atomic E-state index is 12.2. The van der Waals surface area contributed by atoms with Gasteiger partial charge in [-0.05, 0) is 30.2 Å². The maximum absolute atomic E-state index is 12.2. The highest BCUT2D eigenvalue weighted by molar-refractivity contribution is 9.09. The highest BCUT2D eigenvalue weighted by atomic mass is 79.9. The first-order valence-corrected chi connectivity index (χ1v) is 9.99. The SMILES string of the molecule is O=C(CBr)c1ccc(Cl)c(NS(=O)(=O)CCc2ccccc2)c1. The van der Waals surface area contributed by atoms with Gasteiger partial charge < -0.3 is 0 Å². The van der Waals surface area contributed by atoms with Crippen molar-refractivity contribution in [1.29, 1.82) is 0 Å². The molecule has 0 spiro atoms. The minimum absolute atomic E-state index is 0.0655. The zero-order valence-corrected chi connectivity index (χ0v) is 15.3. The Morgan fingerprint density at radius 1 is 1.13 bits per heavy atom. The van der Waals surface area contributed by atoms with Gasteiger partial charge in [0.25, 0.3) is 0 Å². The molecule has 0 amide bonds. The fourth-order valence-electron chi connectivity index (χ4n) is 1.97. The van der Waals surface area contributed by atoms with Crippen molar-refractivity contribution in [1.82, 2.24) is 0 Å². The van der Waals surface area contributed by atoms with Gasteiger partial charge in [-0.1, -0.05) is 57.9 Å². The van der Waals surface area contributed by atoms with Crippen LogP contribution >= 0.6 is 27.5 Å². The van der Waals surface area contributed by atoms with Crippen LogP contribution in [0.5, 0.6) is 0 Å². The van der Waals surface area contributed by atoms with E-state index in [0.29, 0.717) is 12.0 Å². The van der Waals surface area contributed by atoms with Crippen molar-refractivity contribution in [3.8, 4) is 0 Å². The molecule has 0 radical (unpaired) electrons. The summed E-state index contributed by atoms with van der Waals surface area (Å²) in [7, 11) is -3.56. The average molecular weight is 417 g/mol. The Kier molecular flexibility index (Phi) is 6.21. The Balaban J connectivity index is 2.12. The second-order valence-electron chi connectivity index (χ2n) is 4.91. The zero-order chi connectivity index (χ0) is 16.9. The maximum Gasteiger partial charge on any atom is 0.233 e. The molecule has 2 aromatic rings. The van der Waals surface area contributed by atoms with Crippen LogP contribution in [0, 0.1) is 0 Å². The Morgan fingerprint density at radius 3 is 2.48 bits per heavy atom. The van der Waals surface area contributed by atoms with Crippen molar-refractivity contribution >= 4 is 49.0 Å². The van der Waals surface area contributed by atoms with Gasteiger partial charge in [-0.3, -0.25) is 9.52 Å². The summed E-state index contributed by atoms with van der Waals surface area (Å²) >= 11 is 9.10. The van der Waals surface area contributed by atoms with Crippen molar-refractivity contribution in [2.24, 2.45) is 0 Å². The van der Waals surface area contributed by atoms with Crippen LogP contribution in [0.2, 0.25) is 5.02 Å². The van der Waals surface area contributed by atoms with E-state index in [-0.39, 0.29) is 27.6 Å². The third-order valence-electron chi connectivity index (χ3n) is 3.18. The van der Waals surface area contributed by atoms with Crippen molar-refractivity contribution in [3.05, 3.63) is 64.7 Å². The molecule has 0 atom stereocenters. The highest BCUT2D eigenvalue weighted by Crippen LogP contribution is 2.25. The van der Waals surface area contributed by atoms with Gasteiger partial charge in [-0.15, -0.1) is 0 Å². The van der Waals surface area contributed by atoms with E-state index < -0.39 is 10.0 Å². The number of nitrogens with one attached hydrogen (secondary N) is 1. The molecule has 122 valence electrons. The van der Waals surface area contributed by atoms with E-state index in [1.54, 1.807) is 6.07 Å². The van der Waals surface area contributed by atoms with Crippen molar-refractivity contribution in [2.75, 3.05) is 15.8 Å². The number of alkyl halides is 1. The van der Waals surface area contributed by atoms with Crippen LogP contribution in [-0.4, -0.2) is 25.3 Å². The quantitative estimate of drug-likeness (QED) is 0.550. The topological polar surface area (TPSA) is 63.2 Å². The van der Waals surface area contributed by atoms with Gasteiger partial charge in [0.1, 0.15) is 0 Å². The number of Topliss-reactive ketones (excluding diaryl/α,β-unsaturated/α-hetero) is 1. The standard InChI is InChI=1S/C16H15BrClNO3S/c17-11-16(20)13-6-7-14(18)15(10-13)19-23(21,22)9-8-12-4-2-1-3-5-12/h1-7,10,19H,8-9,11H2. The summed E-state index contributed by atoms with van der Waals surface area (Å²) in [6.45, 7) is 0.